The third kappa shape index (κ3) is 2.14. The zero-order valence-corrected chi connectivity index (χ0v) is 6.77. The van der Waals surface area contributed by atoms with E-state index >= 15 is 0 Å². The molecule has 0 aliphatic heterocycles. The molecule has 0 spiro atoms. The van der Waals surface area contributed by atoms with Crippen molar-refractivity contribution in [1.29, 1.82) is 0 Å². The van der Waals surface area contributed by atoms with Crippen molar-refractivity contribution < 1.29 is 0 Å². The van der Waals surface area contributed by atoms with Gasteiger partial charge in [0.1, 0.15) is 0 Å². The molecule has 0 aromatic carbocycles. The van der Waals surface area contributed by atoms with Crippen molar-refractivity contribution >= 4 is 0 Å². The zero-order chi connectivity index (χ0) is 7.56. The Morgan fingerprint density at radius 2 is 2.30 bits per heavy atom. The predicted octanol–water partition coefficient (Wildman–Crippen LogP) is 2.08. The van der Waals surface area contributed by atoms with E-state index in [9.17, 15) is 0 Å². The van der Waals surface area contributed by atoms with Crippen LogP contribution in [0.4, 0.5) is 0 Å². The molecule has 1 nitrogen and oxygen atoms in total. The van der Waals surface area contributed by atoms with E-state index < -0.39 is 0 Å². The minimum atomic E-state index is 0.410. The maximum atomic E-state index is 5.89. The van der Waals surface area contributed by atoms with E-state index in [-0.39, 0.29) is 0 Å². The lowest BCUT2D eigenvalue weighted by molar-refractivity contribution is 0.582. The minimum Gasteiger partial charge on any atom is -0.327 e. The van der Waals surface area contributed by atoms with Crippen LogP contribution >= 0.6 is 0 Å². The average Bonchev–Trinajstić information content (AvgIpc) is 2.68. The summed E-state index contributed by atoms with van der Waals surface area (Å²) >= 11 is 0. The second kappa shape index (κ2) is 3.20. The maximum absolute atomic E-state index is 5.89. The van der Waals surface area contributed by atoms with Gasteiger partial charge in [-0.3, -0.25) is 0 Å². The van der Waals surface area contributed by atoms with Crippen LogP contribution < -0.4 is 5.73 Å². The largest absolute Gasteiger partial charge is 0.327 e. The summed E-state index contributed by atoms with van der Waals surface area (Å²) in [4.78, 5) is 0. The molecular weight excluding hydrogens is 122 g/mol. The van der Waals surface area contributed by atoms with Crippen molar-refractivity contribution in [1.82, 2.24) is 0 Å². The van der Waals surface area contributed by atoms with Gasteiger partial charge in [0.2, 0.25) is 0 Å². The van der Waals surface area contributed by atoms with E-state index in [2.05, 4.69) is 13.5 Å². The lowest BCUT2D eigenvalue weighted by Gasteiger charge is -2.10. The summed E-state index contributed by atoms with van der Waals surface area (Å²) < 4.78 is 0. The zero-order valence-electron chi connectivity index (χ0n) is 6.77. The molecule has 1 aliphatic rings. The molecule has 1 aliphatic carbocycles. The van der Waals surface area contributed by atoms with Crippen molar-refractivity contribution in [2.45, 2.75) is 38.6 Å². The van der Waals surface area contributed by atoms with E-state index in [4.69, 9.17) is 5.73 Å². The van der Waals surface area contributed by atoms with Gasteiger partial charge in [-0.2, -0.15) is 0 Å². The smallest absolute Gasteiger partial charge is 0.0104 e. The van der Waals surface area contributed by atoms with Gasteiger partial charge in [0.25, 0.3) is 0 Å². The van der Waals surface area contributed by atoms with Crippen LogP contribution in [0.5, 0.6) is 0 Å². The van der Waals surface area contributed by atoms with E-state index in [0.717, 1.165) is 18.8 Å². The second-order valence-corrected chi connectivity index (χ2v) is 3.31. The molecule has 1 unspecified atom stereocenters. The van der Waals surface area contributed by atoms with Gasteiger partial charge in [0, 0.05) is 6.04 Å². The molecule has 10 heavy (non-hydrogen) atoms. The third-order valence-corrected chi connectivity index (χ3v) is 2.25. The number of rotatable bonds is 4. The van der Waals surface area contributed by atoms with Crippen LogP contribution in [0, 0.1) is 5.92 Å². The molecule has 0 aromatic rings. The van der Waals surface area contributed by atoms with E-state index in [1.54, 1.807) is 0 Å². The van der Waals surface area contributed by atoms with Crippen LogP contribution in [-0.4, -0.2) is 6.04 Å². The van der Waals surface area contributed by atoms with Crippen molar-refractivity contribution in [2.24, 2.45) is 11.7 Å². The van der Waals surface area contributed by atoms with Crippen LogP contribution in [0.1, 0.15) is 32.6 Å². The Hall–Kier alpha value is -0.300. The Labute approximate surface area is 63.3 Å². The highest BCUT2D eigenvalue weighted by Crippen LogP contribution is 2.33. The first-order chi connectivity index (χ1) is 4.74. The predicted molar refractivity (Wildman–Crippen MR) is 44.7 cm³/mol. The summed E-state index contributed by atoms with van der Waals surface area (Å²) in [6, 6.07) is 0.410. The first-order valence-corrected chi connectivity index (χ1v) is 4.16. The van der Waals surface area contributed by atoms with Gasteiger partial charge in [-0.1, -0.05) is 19.1 Å². The maximum Gasteiger partial charge on any atom is 0.0104 e. The molecule has 0 bridgehead atoms. The summed E-state index contributed by atoms with van der Waals surface area (Å²) in [6.45, 7) is 6.08. The summed E-state index contributed by atoms with van der Waals surface area (Å²) in [5.41, 5.74) is 7.20. The van der Waals surface area contributed by atoms with Crippen LogP contribution in [0.25, 0.3) is 0 Å². The molecule has 0 radical (unpaired) electrons. The van der Waals surface area contributed by atoms with E-state index in [1.807, 2.05) is 0 Å². The van der Waals surface area contributed by atoms with Crippen LogP contribution in [0.15, 0.2) is 12.2 Å². The Kier molecular flexibility index (Phi) is 2.50. The van der Waals surface area contributed by atoms with Crippen molar-refractivity contribution in [3.05, 3.63) is 12.2 Å². The van der Waals surface area contributed by atoms with E-state index in [0.29, 0.717) is 6.04 Å². The monoisotopic (exact) mass is 139 g/mol. The number of hydrogen-bond acceptors (Lipinski definition) is 1. The van der Waals surface area contributed by atoms with Gasteiger partial charge in [0.15, 0.2) is 0 Å². The number of hydrogen-bond donors (Lipinski definition) is 1. The Morgan fingerprint density at radius 1 is 1.70 bits per heavy atom. The SMILES string of the molecule is C=C(CC)CC(N)C1CC1. The van der Waals surface area contributed by atoms with E-state index in [1.165, 1.54) is 18.4 Å². The van der Waals surface area contributed by atoms with Crippen LogP contribution in [0.2, 0.25) is 0 Å². The third-order valence-electron chi connectivity index (χ3n) is 2.25. The van der Waals surface area contributed by atoms with Gasteiger partial charge in [-0.25, -0.2) is 0 Å². The summed E-state index contributed by atoms with van der Waals surface area (Å²) in [6.07, 6.45) is 4.82. The van der Waals surface area contributed by atoms with Crippen LogP contribution in [-0.2, 0) is 0 Å². The summed E-state index contributed by atoms with van der Waals surface area (Å²) in [7, 11) is 0. The molecular formula is C9H17N. The molecule has 1 saturated carbocycles. The molecule has 0 amide bonds. The molecule has 0 saturated heterocycles. The molecule has 1 rings (SSSR count). The highest BCUT2D eigenvalue weighted by molar-refractivity contribution is 4.99. The standard InChI is InChI=1S/C9H17N/c1-3-7(2)6-9(10)8-4-5-8/h8-9H,2-6,10H2,1H3. The average molecular weight is 139 g/mol. The molecule has 0 aromatic heterocycles. The van der Waals surface area contributed by atoms with Gasteiger partial charge < -0.3 is 5.73 Å². The molecule has 0 heterocycles. The molecule has 58 valence electrons. The fourth-order valence-corrected chi connectivity index (χ4v) is 1.17. The Bertz CT molecular complexity index is 125. The number of nitrogens with two attached hydrogens (primary N) is 1. The second-order valence-electron chi connectivity index (χ2n) is 3.31. The lowest BCUT2D eigenvalue weighted by atomic mass is 10.0. The van der Waals surface area contributed by atoms with Crippen molar-refractivity contribution in [3.63, 3.8) is 0 Å². The lowest BCUT2D eigenvalue weighted by Crippen LogP contribution is -2.22. The van der Waals surface area contributed by atoms with Gasteiger partial charge in [0.05, 0.1) is 0 Å². The first-order valence-electron chi connectivity index (χ1n) is 4.16. The Balaban J connectivity index is 2.16. The van der Waals surface area contributed by atoms with Gasteiger partial charge in [-0.15, -0.1) is 0 Å². The van der Waals surface area contributed by atoms with Crippen LogP contribution in [0.3, 0.4) is 0 Å². The highest BCUT2D eigenvalue weighted by Gasteiger charge is 2.28. The molecule has 1 heteroatoms. The normalized spacial score (nSPS) is 20.6. The first kappa shape index (κ1) is 7.80. The minimum absolute atomic E-state index is 0.410. The topological polar surface area (TPSA) is 26.0 Å². The van der Waals surface area contributed by atoms with Gasteiger partial charge >= 0.3 is 0 Å². The molecule has 1 fully saturated rings. The van der Waals surface area contributed by atoms with Crippen molar-refractivity contribution in [3.8, 4) is 0 Å². The quantitative estimate of drug-likeness (QED) is 0.593. The van der Waals surface area contributed by atoms with Crippen molar-refractivity contribution in [2.75, 3.05) is 0 Å². The highest BCUT2D eigenvalue weighted by atomic mass is 14.7. The summed E-state index contributed by atoms with van der Waals surface area (Å²) in [5, 5.41) is 0. The molecule has 1 atom stereocenters. The van der Waals surface area contributed by atoms with Gasteiger partial charge in [-0.05, 0) is 31.6 Å². The molecule has 2 N–H and O–H groups in total. The fraction of sp³-hybridized carbons (Fsp3) is 0.778. The Morgan fingerprint density at radius 3 is 2.70 bits per heavy atom. The fourth-order valence-electron chi connectivity index (χ4n) is 1.17. The summed E-state index contributed by atoms with van der Waals surface area (Å²) in [5.74, 6) is 0.822.